The van der Waals surface area contributed by atoms with Crippen LogP contribution >= 0.6 is 0 Å². The summed E-state index contributed by atoms with van der Waals surface area (Å²) in [5.74, 6) is 0.757. The van der Waals surface area contributed by atoms with E-state index in [4.69, 9.17) is 9.84 Å². The number of likely N-dealkylation sites (tertiary alicyclic amines) is 1. The van der Waals surface area contributed by atoms with Crippen molar-refractivity contribution in [1.82, 2.24) is 4.90 Å². The molecule has 4 nitrogen and oxygen atoms in total. The highest BCUT2D eigenvalue weighted by molar-refractivity contribution is 5.66. The fourth-order valence-corrected chi connectivity index (χ4v) is 2.87. The first-order chi connectivity index (χ1) is 10.0. The molecule has 1 fully saturated rings. The van der Waals surface area contributed by atoms with Crippen molar-refractivity contribution < 1.29 is 14.6 Å². The molecule has 116 valence electrons. The molecule has 2 rings (SSSR count). The third-order valence-corrected chi connectivity index (χ3v) is 3.81. The lowest BCUT2D eigenvalue weighted by Crippen LogP contribution is -2.20. The molecule has 0 bridgehead atoms. The van der Waals surface area contributed by atoms with Gasteiger partial charge in [-0.25, -0.2) is 0 Å². The zero-order valence-corrected chi connectivity index (χ0v) is 12.9. The van der Waals surface area contributed by atoms with Gasteiger partial charge in [0.2, 0.25) is 0 Å². The van der Waals surface area contributed by atoms with E-state index < -0.39 is 5.97 Å². The van der Waals surface area contributed by atoms with Gasteiger partial charge in [0.25, 0.3) is 0 Å². The molecule has 21 heavy (non-hydrogen) atoms. The average Bonchev–Trinajstić information content (AvgIpc) is 2.83. The fraction of sp³-hybridized carbons (Fsp3) is 0.588. The summed E-state index contributed by atoms with van der Waals surface area (Å²) in [6, 6.07) is 8.25. The minimum absolute atomic E-state index is 0.187. The number of rotatable bonds is 7. The summed E-state index contributed by atoms with van der Waals surface area (Å²) >= 11 is 0. The van der Waals surface area contributed by atoms with Gasteiger partial charge in [-0.05, 0) is 56.8 Å². The number of aliphatic carboxylic acids is 1. The summed E-state index contributed by atoms with van der Waals surface area (Å²) in [4.78, 5) is 13.0. The second kappa shape index (κ2) is 7.46. The van der Waals surface area contributed by atoms with Crippen molar-refractivity contribution >= 4 is 5.97 Å². The molecule has 1 unspecified atom stereocenters. The number of nitrogens with zero attached hydrogens (tertiary/aromatic N) is 1. The maximum atomic E-state index is 10.6. The number of hydrogen-bond donors (Lipinski definition) is 1. The Morgan fingerprint density at radius 1 is 1.48 bits per heavy atom. The standard InChI is InChI=1S/C17H25NO3/c1-13(2)21-16-5-3-4-15(10-16)12-18-9-8-14(11-18)6-7-17(19)20/h3-5,10,13-14H,6-9,11-12H2,1-2H3,(H,19,20). The number of hydrogen-bond acceptors (Lipinski definition) is 3. The van der Waals surface area contributed by atoms with E-state index in [1.807, 2.05) is 26.0 Å². The first-order valence-corrected chi connectivity index (χ1v) is 7.72. The Bertz CT molecular complexity index is 473. The maximum Gasteiger partial charge on any atom is 0.303 e. The molecule has 1 atom stereocenters. The molecule has 1 heterocycles. The van der Waals surface area contributed by atoms with Crippen LogP contribution in [0.2, 0.25) is 0 Å². The molecule has 0 amide bonds. The third-order valence-electron chi connectivity index (χ3n) is 3.81. The van der Waals surface area contributed by atoms with Crippen LogP contribution in [0.1, 0.15) is 38.7 Å². The molecule has 1 aromatic rings. The van der Waals surface area contributed by atoms with Gasteiger partial charge in [-0.1, -0.05) is 12.1 Å². The predicted octanol–water partition coefficient (Wildman–Crippen LogP) is 3.16. The van der Waals surface area contributed by atoms with Crippen molar-refractivity contribution in [2.45, 2.75) is 45.8 Å². The third kappa shape index (κ3) is 5.38. The molecule has 1 aromatic carbocycles. The smallest absolute Gasteiger partial charge is 0.303 e. The molecule has 0 aliphatic carbocycles. The second-order valence-corrected chi connectivity index (χ2v) is 6.14. The molecule has 1 N–H and O–H groups in total. The zero-order chi connectivity index (χ0) is 15.2. The Morgan fingerprint density at radius 3 is 3.00 bits per heavy atom. The summed E-state index contributed by atoms with van der Waals surface area (Å²) in [6.45, 7) is 7.03. The molecule has 1 saturated heterocycles. The summed E-state index contributed by atoms with van der Waals surface area (Å²) in [6.07, 6.45) is 2.38. The Morgan fingerprint density at radius 2 is 2.29 bits per heavy atom. The number of carboxylic acids is 1. The zero-order valence-electron chi connectivity index (χ0n) is 12.9. The van der Waals surface area contributed by atoms with Crippen molar-refractivity contribution in [3.8, 4) is 5.75 Å². The van der Waals surface area contributed by atoms with Crippen LogP contribution in [0.15, 0.2) is 24.3 Å². The Balaban J connectivity index is 1.84. The first-order valence-electron chi connectivity index (χ1n) is 7.72. The van der Waals surface area contributed by atoms with E-state index in [1.165, 1.54) is 5.56 Å². The molecular weight excluding hydrogens is 266 g/mol. The molecule has 1 aliphatic rings. The average molecular weight is 291 g/mol. The summed E-state index contributed by atoms with van der Waals surface area (Å²) in [5, 5.41) is 8.75. The van der Waals surface area contributed by atoms with E-state index in [-0.39, 0.29) is 12.5 Å². The highest BCUT2D eigenvalue weighted by atomic mass is 16.5. The quantitative estimate of drug-likeness (QED) is 0.838. The van der Waals surface area contributed by atoms with Crippen LogP contribution in [0, 0.1) is 5.92 Å². The molecule has 1 aliphatic heterocycles. The van der Waals surface area contributed by atoms with Crippen LogP contribution < -0.4 is 4.74 Å². The van der Waals surface area contributed by atoms with Gasteiger partial charge in [0.05, 0.1) is 6.10 Å². The van der Waals surface area contributed by atoms with Crippen molar-refractivity contribution in [2.75, 3.05) is 13.1 Å². The second-order valence-electron chi connectivity index (χ2n) is 6.14. The van der Waals surface area contributed by atoms with Gasteiger partial charge in [-0.15, -0.1) is 0 Å². The lowest BCUT2D eigenvalue weighted by atomic mass is 10.0. The Kier molecular flexibility index (Phi) is 5.62. The van der Waals surface area contributed by atoms with Gasteiger partial charge in [0, 0.05) is 19.5 Å². The SMILES string of the molecule is CC(C)Oc1cccc(CN2CCC(CCC(=O)O)C2)c1. The molecule has 0 aromatic heterocycles. The van der Waals surface area contributed by atoms with Crippen LogP contribution in [0.3, 0.4) is 0 Å². The summed E-state index contributed by atoms with van der Waals surface area (Å²) in [7, 11) is 0. The largest absolute Gasteiger partial charge is 0.491 e. The highest BCUT2D eigenvalue weighted by Gasteiger charge is 2.22. The lowest BCUT2D eigenvalue weighted by Gasteiger charge is -2.17. The first kappa shape index (κ1) is 15.8. The van der Waals surface area contributed by atoms with E-state index in [1.54, 1.807) is 0 Å². The minimum Gasteiger partial charge on any atom is -0.491 e. The van der Waals surface area contributed by atoms with E-state index in [9.17, 15) is 4.79 Å². The van der Waals surface area contributed by atoms with Crippen molar-refractivity contribution in [3.05, 3.63) is 29.8 Å². The number of benzene rings is 1. The number of carbonyl (C=O) groups is 1. The fourth-order valence-electron chi connectivity index (χ4n) is 2.87. The molecule has 0 spiro atoms. The molecule has 4 heteroatoms. The molecule has 0 radical (unpaired) electrons. The molecule has 0 saturated carbocycles. The van der Waals surface area contributed by atoms with Gasteiger partial charge >= 0.3 is 5.97 Å². The van der Waals surface area contributed by atoms with Gasteiger partial charge in [0.15, 0.2) is 0 Å². The van der Waals surface area contributed by atoms with Gasteiger partial charge in [-0.3, -0.25) is 9.69 Å². The topological polar surface area (TPSA) is 49.8 Å². The van der Waals surface area contributed by atoms with Crippen molar-refractivity contribution in [3.63, 3.8) is 0 Å². The van der Waals surface area contributed by atoms with Crippen LogP contribution in [0.4, 0.5) is 0 Å². The summed E-state index contributed by atoms with van der Waals surface area (Å²) in [5.41, 5.74) is 1.26. The Labute approximate surface area is 126 Å². The van der Waals surface area contributed by atoms with Crippen molar-refractivity contribution in [1.29, 1.82) is 0 Å². The lowest BCUT2D eigenvalue weighted by molar-refractivity contribution is -0.137. The normalized spacial score (nSPS) is 19.1. The van der Waals surface area contributed by atoms with E-state index >= 15 is 0 Å². The van der Waals surface area contributed by atoms with Gasteiger partial charge < -0.3 is 9.84 Å². The van der Waals surface area contributed by atoms with Crippen LogP contribution in [-0.2, 0) is 11.3 Å². The monoisotopic (exact) mass is 291 g/mol. The Hall–Kier alpha value is -1.55. The number of carboxylic acid groups (broad SMARTS) is 1. The van der Waals surface area contributed by atoms with E-state index in [2.05, 4.69) is 17.0 Å². The van der Waals surface area contributed by atoms with E-state index in [0.717, 1.165) is 38.2 Å². The van der Waals surface area contributed by atoms with Gasteiger partial charge in [-0.2, -0.15) is 0 Å². The highest BCUT2D eigenvalue weighted by Crippen LogP contribution is 2.24. The van der Waals surface area contributed by atoms with Crippen LogP contribution in [0.25, 0.3) is 0 Å². The van der Waals surface area contributed by atoms with Crippen molar-refractivity contribution in [2.24, 2.45) is 5.92 Å². The summed E-state index contributed by atoms with van der Waals surface area (Å²) < 4.78 is 5.72. The molecular formula is C17H25NO3. The van der Waals surface area contributed by atoms with Gasteiger partial charge in [0.1, 0.15) is 5.75 Å². The van der Waals surface area contributed by atoms with Crippen LogP contribution in [-0.4, -0.2) is 35.2 Å². The van der Waals surface area contributed by atoms with Crippen LogP contribution in [0.5, 0.6) is 5.75 Å². The maximum absolute atomic E-state index is 10.6. The minimum atomic E-state index is -0.688. The van der Waals surface area contributed by atoms with E-state index in [0.29, 0.717) is 5.92 Å². The predicted molar refractivity (Wildman–Crippen MR) is 82.5 cm³/mol. The number of ether oxygens (including phenoxy) is 1.